The largest absolute Gasteiger partial charge is 0.384 e. The van der Waals surface area contributed by atoms with Gasteiger partial charge in [-0.2, -0.15) is 5.10 Å². The van der Waals surface area contributed by atoms with Gasteiger partial charge < -0.3 is 25.6 Å². The van der Waals surface area contributed by atoms with Crippen LogP contribution in [0.4, 0.5) is 20.2 Å². The number of hydrogen-bond donors (Lipinski definition) is 5. The Kier molecular flexibility index (Phi) is 8.41. The molecule has 10 nitrogen and oxygen atoms in total. The van der Waals surface area contributed by atoms with Crippen molar-refractivity contribution in [1.82, 2.24) is 35.0 Å². The van der Waals surface area contributed by atoms with Crippen LogP contribution in [-0.2, 0) is 0 Å². The third kappa shape index (κ3) is 6.82. The van der Waals surface area contributed by atoms with Gasteiger partial charge in [-0.05, 0) is 79.5 Å². The average molecular weight is 626 g/mol. The molecule has 0 spiro atoms. The highest BCUT2D eigenvalue weighted by Crippen LogP contribution is 2.35. The second kappa shape index (κ2) is 12.5. The Bertz CT molecular complexity index is 2010. The van der Waals surface area contributed by atoms with Crippen molar-refractivity contribution in [1.29, 1.82) is 0 Å². The van der Waals surface area contributed by atoms with Crippen molar-refractivity contribution in [3.05, 3.63) is 72.7 Å². The van der Waals surface area contributed by atoms with Gasteiger partial charge in [0.2, 0.25) is 0 Å². The molecule has 12 heteroatoms. The van der Waals surface area contributed by atoms with Gasteiger partial charge in [0.25, 0.3) is 0 Å². The fourth-order valence-electron chi connectivity index (χ4n) is 5.45. The number of aliphatic hydroxyl groups is 1. The Labute approximate surface area is 265 Å². The summed E-state index contributed by atoms with van der Waals surface area (Å²) in [6, 6.07) is 11.7. The van der Waals surface area contributed by atoms with Crippen molar-refractivity contribution in [2.24, 2.45) is 5.41 Å². The molecule has 2 aromatic carbocycles. The lowest BCUT2D eigenvalue weighted by atomic mass is 9.91. The molecule has 0 fully saturated rings. The van der Waals surface area contributed by atoms with Crippen LogP contribution < -0.4 is 10.6 Å². The van der Waals surface area contributed by atoms with Gasteiger partial charge >= 0.3 is 0 Å². The first-order valence-electron chi connectivity index (χ1n) is 15.1. The Morgan fingerprint density at radius 3 is 2.57 bits per heavy atom. The van der Waals surface area contributed by atoms with E-state index in [0.717, 1.165) is 6.54 Å². The molecule has 0 aliphatic rings. The van der Waals surface area contributed by atoms with Crippen molar-refractivity contribution >= 4 is 33.4 Å². The number of nitrogens with one attached hydrogen (secondary N) is 4. The number of fused-ring (bicyclic) bond motifs is 2. The number of pyridine rings is 2. The van der Waals surface area contributed by atoms with Crippen LogP contribution in [0, 0.1) is 17.0 Å². The first kappa shape index (κ1) is 31.1. The minimum Gasteiger partial charge on any atom is -0.384 e. The molecule has 5 N–H and O–H groups in total. The first-order chi connectivity index (χ1) is 21.9. The quantitative estimate of drug-likeness (QED) is 0.107. The molecule has 0 bridgehead atoms. The number of aromatic amines is 2. The maximum Gasteiger partial charge on any atom is 0.160 e. The Morgan fingerprint density at radius 2 is 1.78 bits per heavy atom. The number of H-pyrrole nitrogens is 2. The summed E-state index contributed by atoms with van der Waals surface area (Å²) in [5.41, 5.74) is 5.46. The van der Waals surface area contributed by atoms with Crippen LogP contribution in [0.25, 0.3) is 55.8 Å². The molecule has 0 radical (unpaired) electrons. The van der Waals surface area contributed by atoms with Crippen LogP contribution in [0.2, 0.25) is 0 Å². The van der Waals surface area contributed by atoms with E-state index in [1.54, 1.807) is 24.7 Å². The fourth-order valence-corrected chi connectivity index (χ4v) is 5.45. The van der Waals surface area contributed by atoms with Crippen molar-refractivity contribution in [2.75, 3.05) is 37.8 Å². The number of imidazole rings is 1. The Hall–Kier alpha value is -4.94. The van der Waals surface area contributed by atoms with Crippen molar-refractivity contribution in [2.45, 2.75) is 33.4 Å². The van der Waals surface area contributed by atoms with E-state index in [-0.39, 0.29) is 16.7 Å². The molecule has 238 valence electrons. The molecule has 6 aromatic rings. The van der Waals surface area contributed by atoms with Crippen molar-refractivity contribution in [3.63, 3.8) is 0 Å². The number of anilines is 2. The van der Waals surface area contributed by atoms with Crippen LogP contribution >= 0.6 is 0 Å². The highest BCUT2D eigenvalue weighted by molar-refractivity contribution is 5.98. The van der Waals surface area contributed by atoms with E-state index in [1.165, 1.54) is 18.2 Å². The summed E-state index contributed by atoms with van der Waals surface area (Å²) in [6.07, 6.45) is 4.67. The molecular weight excluding hydrogens is 588 g/mol. The van der Waals surface area contributed by atoms with Crippen LogP contribution in [-0.4, -0.2) is 73.6 Å². The van der Waals surface area contributed by atoms with E-state index < -0.39 is 12.0 Å². The van der Waals surface area contributed by atoms with E-state index in [4.69, 9.17) is 4.98 Å². The van der Waals surface area contributed by atoms with Gasteiger partial charge in [0, 0.05) is 47.7 Å². The molecule has 1 atom stereocenters. The number of benzene rings is 2. The van der Waals surface area contributed by atoms with Gasteiger partial charge in [0.15, 0.2) is 11.5 Å². The van der Waals surface area contributed by atoms with Crippen LogP contribution in [0.15, 0.2) is 61.1 Å². The second-order valence-corrected chi connectivity index (χ2v) is 12.9. The van der Waals surface area contributed by atoms with Gasteiger partial charge in [0.1, 0.15) is 34.6 Å². The molecule has 0 saturated carbocycles. The average Bonchev–Trinajstić information content (AvgIpc) is 3.60. The van der Waals surface area contributed by atoms with E-state index >= 15 is 4.39 Å². The zero-order chi connectivity index (χ0) is 32.6. The minimum atomic E-state index is -0.762. The molecule has 46 heavy (non-hydrogen) atoms. The van der Waals surface area contributed by atoms with Crippen LogP contribution in [0.3, 0.4) is 0 Å². The van der Waals surface area contributed by atoms with E-state index in [2.05, 4.69) is 56.6 Å². The lowest BCUT2D eigenvalue weighted by molar-refractivity contribution is 0.145. The fraction of sp³-hybridized carbons (Fsp3) is 0.294. The van der Waals surface area contributed by atoms with Gasteiger partial charge in [-0.25, -0.2) is 18.7 Å². The summed E-state index contributed by atoms with van der Waals surface area (Å²) in [5, 5.41) is 24.6. The molecule has 4 heterocycles. The molecule has 6 rings (SSSR count). The lowest BCUT2D eigenvalue weighted by Gasteiger charge is -2.23. The number of likely N-dealkylation sites (N-methyl/N-ethyl adjacent to an activating group) is 1. The molecule has 1 unspecified atom stereocenters. The summed E-state index contributed by atoms with van der Waals surface area (Å²) >= 11 is 0. The van der Waals surface area contributed by atoms with Crippen molar-refractivity contribution < 1.29 is 13.9 Å². The zero-order valence-electron chi connectivity index (χ0n) is 26.4. The first-order valence-corrected chi connectivity index (χ1v) is 15.1. The highest BCUT2D eigenvalue weighted by atomic mass is 19.1. The normalized spacial score (nSPS) is 12.7. The van der Waals surface area contributed by atoms with E-state index in [0.29, 0.717) is 74.7 Å². The number of nitrogens with zero attached hydrogens (tertiary/aromatic N) is 5. The standard InChI is InChI=1S/C34H37F2N9O/c1-34(2,3)16-28(46)40-24-12-21(17-37-18-24)19-13-26-29(27(36)14-19)43-44-31(26)33-41-30-25(6-7-39-32(30)42-33)20-10-22(35)15-23(11-20)38-8-9-45(4)5/h6-7,10-15,17-18,28,38,40,46H,8-9,16H2,1-5H3,(H,43,44)(H,39,41,42). The van der Waals surface area contributed by atoms with Gasteiger partial charge in [-0.15, -0.1) is 0 Å². The molecule has 0 saturated heterocycles. The number of hydrogen-bond acceptors (Lipinski definition) is 8. The van der Waals surface area contributed by atoms with Crippen LogP contribution in [0.1, 0.15) is 27.2 Å². The summed E-state index contributed by atoms with van der Waals surface area (Å²) < 4.78 is 30.1. The Morgan fingerprint density at radius 1 is 0.978 bits per heavy atom. The minimum absolute atomic E-state index is 0.0700. The number of halogens is 2. The summed E-state index contributed by atoms with van der Waals surface area (Å²) in [7, 11) is 3.96. The monoisotopic (exact) mass is 625 g/mol. The van der Waals surface area contributed by atoms with E-state index in [1.807, 2.05) is 37.2 Å². The third-order valence-electron chi connectivity index (χ3n) is 7.54. The smallest absolute Gasteiger partial charge is 0.160 e. The van der Waals surface area contributed by atoms with Gasteiger partial charge in [0.05, 0.1) is 11.9 Å². The molecule has 4 aromatic heterocycles. The second-order valence-electron chi connectivity index (χ2n) is 12.9. The number of aliphatic hydroxyl groups excluding tert-OH is 1. The van der Waals surface area contributed by atoms with Gasteiger partial charge in [-0.1, -0.05) is 20.8 Å². The predicted molar refractivity (Wildman–Crippen MR) is 178 cm³/mol. The van der Waals surface area contributed by atoms with Crippen LogP contribution in [0.5, 0.6) is 0 Å². The summed E-state index contributed by atoms with van der Waals surface area (Å²) in [4.78, 5) is 18.8. The topological polar surface area (TPSA) is 131 Å². The predicted octanol–water partition coefficient (Wildman–Crippen LogP) is 6.65. The molecule has 0 amide bonds. The number of aromatic nitrogens is 6. The third-order valence-corrected chi connectivity index (χ3v) is 7.54. The molecular formula is C34H37F2N9O. The SMILES string of the molecule is CN(C)CCNc1cc(F)cc(-c2ccnc3[nH]c(-c4n[nH]c5c(F)cc(-c6cncc(NC(O)CC(C)(C)C)c6)cc45)nc23)c1. The lowest BCUT2D eigenvalue weighted by Crippen LogP contribution is -2.25. The van der Waals surface area contributed by atoms with Crippen molar-refractivity contribution in [3.8, 4) is 33.8 Å². The summed E-state index contributed by atoms with van der Waals surface area (Å²) in [6.45, 7) is 7.61. The zero-order valence-corrected chi connectivity index (χ0v) is 26.4. The molecule has 0 aliphatic heterocycles. The highest BCUT2D eigenvalue weighted by Gasteiger charge is 2.20. The maximum atomic E-state index is 15.4. The maximum absolute atomic E-state index is 15.4. The molecule has 0 aliphatic carbocycles. The Balaban J connectivity index is 1.35. The number of rotatable bonds is 10. The van der Waals surface area contributed by atoms with E-state index in [9.17, 15) is 9.50 Å². The van der Waals surface area contributed by atoms with Gasteiger partial charge in [-0.3, -0.25) is 10.1 Å². The summed E-state index contributed by atoms with van der Waals surface area (Å²) in [5.74, 6) is -0.469.